The van der Waals surface area contributed by atoms with Crippen LogP contribution in [-0.2, 0) is 4.79 Å². The summed E-state index contributed by atoms with van der Waals surface area (Å²) in [6, 6.07) is 0.574. The minimum absolute atomic E-state index is 0.229. The minimum atomic E-state index is 0.229. The molecule has 0 spiro atoms. The maximum absolute atomic E-state index is 11.6. The third kappa shape index (κ3) is 7.70. The molecule has 106 valence electrons. The number of nitrogens with one attached hydrogen (secondary N) is 2. The summed E-state index contributed by atoms with van der Waals surface area (Å²) in [6.45, 7) is 6.47. The van der Waals surface area contributed by atoms with Crippen LogP contribution < -0.4 is 10.6 Å². The first-order valence-corrected chi connectivity index (χ1v) is 7.68. The van der Waals surface area contributed by atoms with Crippen LogP contribution in [0.15, 0.2) is 0 Å². The second-order valence-corrected chi connectivity index (χ2v) is 5.93. The van der Waals surface area contributed by atoms with Crippen LogP contribution >= 0.6 is 0 Å². The Hall–Kier alpha value is -0.570. The first-order chi connectivity index (χ1) is 8.68. The predicted molar refractivity (Wildman–Crippen MR) is 76.6 cm³/mol. The number of unbranched alkanes of at least 4 members (excludes halogenated alkanes) is 1. The summed E-state index contributed by atoms with van der Waals surface area (Å²) >= 11 is 0. The van der Waals surface area contributed by atoms with Gasteiger partial charge in [0, 0.05) is 19.0 Å². The Morgan fingerprint density at radius 2 is 2.17 bits per heavy atom. The van der Waals surface area contributed by atoms with Crippen molar-refractivity contribution < 1.29 is 4.79 Å². The van der Waals surface area contributed by atoms with Gasteiger partial charge in [0.2, 0.25) is 5.91 Å². The summed E-state index contributed by atoms with van der Waals surface area (Å²) in [4.78, 5) is 11.6. The normalized spacial score (nSPS) is 20.1. The van der Waals surface area contributed by atoms with Crippen molar-refractivity contribution in [2.24, 2.45) is 5.92 Å². The minimum Gasteiger partial charge on any atom is -0.356 e. The zero-order valence-electron chi connectivity index (χ0n) is 12.1. The lowest BCUT2D eigenvalue weighted by Gasteiger charge is -2.23. The highest BCUT2D eigenvalue weighted by Crippen LogP contribution is 2.11. The standard InChI is InChI=1S/C15H30N2O/c1-13(2)7-3-5-12-17-15(18)10-9-14-8-4-6-11-16-14/h13-14,16H,3-12H2,1-2H3,(H,17,18). The number of carbonyl (C=O) groups excluding carboxylic acids is 1. The highest BCUT2D eigenvalue weighted by atomic mass is 16.1. The Morgan fingerprint density at radius 1 is 1.33 bits per heavy atom. The summed E-state index contributed by atoms with van der Waals surface area (Å²) in [5, 5.41) is 6.51. The smallest absolute Gasteiger partial charge is 0.220 e. The van der Waals surface area contributed by atoms with Crippen molar-refractivity contribution in [2.75, 3.05) is 13.1 Å². The van der Waals surface area contributed by atoms with E-state index in [4.69, 9.17) is 0 Å². The van der Waals surface area contributed by atoms with Crippen molar-refractivity contribution in [1.82, 2.24) is 10.6 Å². The number of hydrogen-bond donors (Lipinski definition) is 2. The van der Waals surface area contributed by atoms with Gasteiger partial charge in [0.1, 0.15) is 0 Å². The first kappa shape index (κ1) is 15.5. The average Bonchev–Trinajstić information content (AvgIpc) is 2.37. The topological polar surface area (TPSA) is 41.1 Å². The van der Waals surface area contributed by atoms with Crippen molar-refractivity contribution in [3.05, 3.63) is 0 Å². The Morgan fingerprint density at radius 3 is 2.83 bits per heavy atom. The van der Waals surface area contributed by atoms with E-state index in [9.17, 15) is 4.79 Å². The number of piperidine rings is 1. The number of hydrogen-bond acceptors (Lipinski definition) is 2. The molecule has 1 unspecified atom stereocenters. The third-order valence-electron chi connectivity index (χ3n) is 3.66. The fourth-order valence-electron chi connectivity index (χ4n) is 2.47. The lowest BCUT2D eigenvalue weighted by atomic mass is 10.0. The molecule has 0 radical (unpaired) electrons. The molecule has 0 aromatic rings. The van der Waals surface area contributed by atoms with Crippen LogP contribution in [0.25, 0.3) is 0 Å². The molecule has 0 aromatic carbocycles. The molecule has 1 heterocycles. The van der Waals surface area contributed by atoms with Gasteiger partial charge in [0.05, 0.1) is 0 Å². The van der Waals surface area contributed by atoms with Crippen LogP contribution in [0.2, 0.25) is 0 Å². The van der Waals surface area contributed by atoms with Gasteiger partial charge in [0.25, 0.3) is 0 Å². The maximum Gasteiger partial charge on any atom is 0.220 e. The second-order valence-electron chi connectivity index (χ2n) is 5.93. The van der Waals surface area contributed by atoms with E-state index in [1.807, 2.05) is 0 Å². The zero-order valence-corrected chi connectivity index (χ0v) is 12.1. The highest BCUT2D eigenvalue weighted by molar-refractivity contribution is 5.75. The second kappa shape index (κ2) is 9.37. The number of carbonyl (C=O) groups is 1. The zero-order chi connectivity index (χ0) is 13.2. The van der Waals surface area contributed by atoms with E-state index < -0.39 is 0 Å². The van der Waals surface area contributed by atoms with Crippen LogP contribution in [-0.4, -0.2) is 25.0 Å². The van der Waals surface area contributed by atoms with Gasteiger partial charge < -0.3 is 10.6 Å². The molecule has 1 atom stereocenters. The van der Waals surface area contributed by atoms with E-state index in [-0.39, 0.29) is 5.91 Å². The molecule has 1 aliphatic heterocycles. The van der Waals surface area contributed by atoms with Gasteiger partial charge in [-0.1, -0.05) is 33.1 Å². The monoisotopic (exact) mass is 254 g/mol. The molecule has 0 bridgehead atoms. The van der Waals surface area contributed by atoms with Crippen molar-refractivity contribution in [3.8, 4) is 0 Å². The SMILES string of the molecule is CC(C)CCCCNC(=O)CCC1CCCCN1. The van der Waals surface area contributed by atoms with Gasteiger partial charge in [-0.2, -0.15) is 0 Å². The molecule has 2 N–H and O–H groups in total. The number of amides is 1. The molecule has 0 saturated carbocycles. The van der Waals surface area contributed by atoms with E-state index in [0.29, 0.717) is 12.5 Å². The molecule has 3 heteroatoms. The average molecular weight is 254 g/mol. The van der Waals surface area contributed by atoms with Gasteiger partial charge in [-0.3, -0.25) is 4.79 Å². The fourth-order valence-corrected chi connectivity index (χ4v) is 2.47. The van der Waals surface area contributed by atoms with Gasteiger partial charge in [-0.05, 0) is 38.1 Å². The van der Waals surface area contributed by atoms with E-state index in [1.165, 1.54) is 32.1 Å². The van der Waals surface area contributed by atoms with E-state index in [1.54, 1.807) is 0 Å². The van der Waals surface area contributed by atoms with Crippen molar-refractivity contribution in [2.45, 2.75) is 71.3 Å². The number of rotatable bonds is 8. The molecule has 18 heavy (non-hydrogen) atoms. The Bertz CT molecular complexity index is 223. The molecule has 3 nitrogen and oxygen atoms in total. The summed E-state index contributed by atoms with van der Waals surface area (Å²) in [7, 11) is 0. The van der Waals surface area contributed by atoms with E-state index in [0.717, 1.165) is 31.8 Å². The highest BCUT2D eigenvalue weighted by Gasteiger charge is 2.13. The Labute approximate surface area is 112 Å². The lowest BCUT2D eigenvalue weighted by molar-refractivity contribution is -0.121. The van der Waals surface area contributed by atoms with Gasteiger partial charge in [-0.25, -0.2) is 0 Å². The van der Waals surface area contributed by atoms with E-state index >= 15 is 0 Å². The quantitative estimate of drug-likeness (QED) is 0.654. The summed E-state index contributed by atoms with van der Waals surface area (Å²) in [5.74, 6) is 1.00. The molecule has 1 rings (SSSR count). The Kier molecular flexibility index (Phi) is 8.06. The first-order valence-electron chi connectivity index (χ1n) is 7.68. The molecule has 1 aliphatic rings. The van der Waals surface area contributed by atoms with E-state index in [2.05, 4.69) is 24.5 Å². The van der Waals surface area contributed by atoms with Gasteiger partial charge in [-0.15, -0.1) is 0 Å². The molecular formula is C15H30N2O. The van der Waals surface area contributed by atoms with Crippen molar-refractivity contribution >= 4 is 5.91 Å². The summed E-state index contributed by atoms with van der Waals surface area (Å²) in [5.41, 5.74) is 0. The van der Waals surface area contributed by atoms with Gasteiger partial charge in [0.15, 0.2) is 0 Å². The van der Waals surface area contributed by atoms with Crippen LogP contribution in [0.4, 0.5) is 0 Å². The van der Waals surface area contributed by atoms with Crippen LogP contribution in [0.5, 0.6) is 0 Å². The molecule has 0 aliphatic carbocycles. The molecular weight excluding hydrogens is 224 g/mol. The summed E-state index contributed by atoms with van der Waals surface area (Å²) in [6.07, 6.45) is 9.13. The lowest BCUT2D eigenvalue weighted by Crippen LogP contribution is -2.35. The van der Waals surface area contributed by atoms with Crippen molar-refractivity contribution in [3.63, 3.8) is 0 Å². The molecule has 1 fully saturated rings. The molecule has 1 amide bonds. The van der Waals surface area contributed by atoms with Gasteiger partial charge >= 0.3 is 0 Å². The molecule has 1 saturated heterocycles. The third-order valence-corrected chi connectivity index (χ3v) is 3.66. The van der Waals surface area contributed by atoms with Crippen LogP contribution in [0, 0.1) is 5.92 Å². The Balaban J connectivity index is 1.93. The van der Waals surface area contributed by atoms with Crippen LogP contribution in [0.1, 0.15) is 65.2 Å². The maximum atomic E-state index is 11.6. The fraction of sp³-hybridized carbons (Fsp3) is 0.933. The summed E-state index contributed by atoms with van der Waals surface area (Å²) < 4.78 is 0. The predicted octanol–water partition coefficient (Wildman–Crippen LogP) is 2.85. The van der Waals surface area contributed by atoms with Crippen LogP contribution in [0.3, 0.4) is 0 Å². The molecule has 0 aromatic heterocycles. The largest absolute Gasteiger partial charge is 0.356 e. The van der Waals surface area contributed by atoms with Crippen molar-refractivity contribution in [1.29, 1.82) is 0 Å².